The van der Waals surface area contributed by atoms with Crippen LogP contribution in [0.4, 0.5) is 22.0 Å². The van der Waals surface area contributed by atoms with Crippen molar-refractivity contribution in [2.24, 2.45) is 0 Å². The first kappa shape index (κ1) is 12.3. The highest BCUT2D eigenvalue weighted by molar-refractivity contribution is 7.17. The average Bonchev–Trinajstić information content (AvgIpc) is 2.58. The van der Waals surface area contributed by atoms with Gasteiger partial charge >= 0.3 is 12.1 Å². The molecule has 0 saturated carbocycles. The SMILES string of the molecule is Cc1csc2ccc(C(F)(F)C(F)(F)F)cc12. The van der Waals surface area contributed by atoms with Crippen molar-refractivity contribution in [3.63, 3.8) is 0 Å². The van der Waals surface area contributed by atoms with Crippen molar-refractivity contribution in [3.05, 3.63) is 34.7 Å². The van der Waals surface area contributed by atoms with Crippen LogP contribution in [0, 0.1) is 6.92 Å². The van der Waals surface area contributed by atoms with Crippen LogP contribution in [0.1, 0.15) is 11.1 Å². The first-order valence-corrected chi connectivity index (χ1v) is 5.54. The Bertz CT molecular complexity index is 552. The molecule has 0 fully saturated rings. The summed E-state index contributed by atoms with van der Waals surface area (Å²) in [6.45, 7) is 1.67. The Morgan fingerprint density at radius 2 is 1.71 bits per heavy atom. The lowest BCUT2D eigenvalue weighted by atomic mass is 10.0. The van der Waals surface area contributed by atoms with Crippen molar-refractivity contribution in [3.8, 4) is 0 Å². The highest BCUT2D eigenvalue weighted by atomic mass is 32.1. The zero-order valence-electron chi connectivity index (χ0n) is 8.61. The number of alkyl halides is 5. The minimum absolute atomic E-state index is 0.441. The third kappa shape index (κ3) is 1.90. The molecule has 17 heavy (non-hydrogen) atoms. The molecule has 0 saturated heterocycles. The number of aryl methyl sites for hydroxylation is 1. The molecule has 0 spiro atoms. The minimum Gasteiger partial charge on any atom is -0.191 e. The number of thiophene rings is 1. The van der Waals surface area contributed by atoms with Gasteiger partial charge in [-0.2, -0.15) is 22.0 Å². The summed E-state index contributed by atoms with van der Waals surface area (Å²) >= 11 is 1.31. The van der Waals surface area contributed by atoms with Gasteiger partial charge in [0.05, 0.1) is 0 Å². The predicted molar refractivity (Wildman–Crippen MR) is 56.5 cm³/mol. The van der Waals surface area contributed by atoms with Gasteiger partial charge in [-0.05, 0) is 35.4 Å². The van der Waals surface area contributed by atoms with Gasteiger partial charge in [-0.25, -0.2) is 0 Å². The van der Waals surface area contributed by atoms with Crippen molar-refractivity contribution < 1.29 is 22.0 Å². The van der Waals surface area contributed by atoms with E-state index in [0.717, 1.165) is 12.1 Å². The van der Waals surface area contributed by atoms with E-state index in [0.29, 0.717) is 15.6 Å². The molecule has 0 nitrogen and oxygen atoms in total. The molecule has 1 aromatic heterocycles. The van der Waals surface area contributed by atoms with Crippen molar-refractivity contribution in [2.45, 2.75) is 19.0 Å². The summed E-state index contributed by atoms with van der Waals surface area (Å²) in [5, 5.41) is 2.16. The van der Waals surface area contributed by atoms with Crippen LogP contribution < -0.4 is 0 Å². The van der Waals surface area contributed by atoms with E-state index in [4.69, 9.17) is 0 Å². The number of halogens is 5. The molecule has 92 valence electrons. The fraction of sp³-hybridized carbons (Fsp3) is 0.273. The van der Waals surface area contributed by atoms with Crippen LogP contribution in [0.25, 0.3) is 10.1 Å². The number of hydrogen-bond donors (Lipinski definition) is 0. The zero-order chi connectivity index (χ0) is 12.8. The molecule has 0 bridgehead atoms. The molecule has 1 heterocycles. The minimum atomic E-state index is -5.56. The summed E-state index contributed by atoms with van der Waals surface area (Å²) in [6, 6.07) is 3.03. The highest BCUT2D eigenvalue weighted by Gasteiger charge is 2.58. The van der Waals surface area contributed by atoms with Crippen LogP contribution in [0.5, 0.6) is 0 Å². The summed E-state index contributed by atoms with van der Waals surface area (Å²) in [6.07, 6.45) is -5.56. The molecule has 2 rings (SSSR count). The van der Waals surface area contributed by atoms with E-state index in [9.17, 15) is 22.0 Å². The first-order chi connectivity index (χ1) is 7.73. The molecule has 0 aliphatic carbocycles. The normalized spacial score (nSPS) is 13.3. The van der Waals surface area contributed by atoms with Gasteiger partial charge in [-0.1, -0.05) is 6.07 Å². The Hall–Kier alpha value is -1.17. The van der Waals surface area contributed by atoms with Crippen LogP contribution in [0.15, 0.2) is 23.6 Å². The average molecular weight is 266 g/mol. The van der Waals surface area contributed by atoms with Gasteiger partial charge in [0.2, 0.25) is 0 Å². The van der Waals surface area contributed by atoms with E-state index in [2.05, 4.69) is 0 Å². The van der Waals surface area contributed by atoms with Crippen LogP contribution in [0.2, 0.25) is 0 Å². The maximum Gasteiger partial charge on any atom is 0.458 e. The van der Waals surface area contributed by atoms with Crippen LogP contribution in [-0.4, -0.2) is 6.18 Å². The molecule has 1 aromatic carbocycles. The second-order valence-corrected chi connectivity index (χ2v) is 4.61. The van der Waals surface area contributed by atoms with E-state index < -0.39 is 17.7 Å². The second-order valence-electron chi connectivity index (χ2n) is 3.70. The molecule has 0 unspecified atom stereocenters. The van der Waals surface area contributed by atoms with Gasteiger partial charge in [0.15, 0.2) is 0 Å². The van der Waals surface area contributed by atoms with Gasteiger partial charge in [0.1, 0.15) is 0 Å². The Labute approximate surface area is 97.7 Å². The smallest absolute Gasteiger partial charge is 0.191 e. The van der Waals surface area contributed by atoms with Gasteiger partial charge in [0, 0.05) is 10.3 Å². The Balaban J connectivity index is 2.60. The topological polar surface area (TPSA) is 0 Å². The monoisotopic (exact) mass is 266 g/mol. The molecule has 0 aliphatic rings. The van der Waals surface area contributed by atoms with Crippen molar-refractivity contribution >= 4 is 21.4 Å². The highest BCUT2D eigenvalue weighted by Crippen LogP contribution is 2.44. The lowest BCUT2D eigenvalue weighted by molar-refractivity contribution is -0.289. The largest absolute Gasteiger partial charge is 0.458 e. The summed E-state index contributed by atoms with van der Waals surface area (Å²) < 4.78 is 63.5. The maximum atomic E-state index is 13.1. The summed E-state index contributed by atoms with van der Waals surface area (Å²) in [4.78, 5) is 0. The molecule has 6 heteroatoms. The summed E-state index contributed by atoms with van der Waals surface area (Å²) in [5.74, 6) is -4.81. The van der Waals surface area contributed by atoms with E-state index in [1.54, 1.807) is 12.3 Å². The zero-order valence-corrected chi connectivity index (χ0v) is 9.42. The summed E-state index contributed by atoms with van der Waals surface area (Å²) in [7, 11) is 0. The molecule has 0 radical (unpaired) electrons. The number of rotatable bonds is 1. The fourth-order valence-electron chi connectivity index (χ4n) is 1.52. The van der Waals surface area contributed by atoms with E-state index in [1.807, 2.05) is 0 Å². The molecule has 0 aliphatic heterocycles. The fourth-order valence-corrected chi connectivity index (χ4v) is 2.44. The van der Waals surface area contributed by atoms with Crippen LogP contribution >= 0.6 is 11.3 Å². The van der Waals surface area contributed by atoms with Crippen molar-refractivity contribution in [1.29, 1.82) is 0 Å². The lowest BCUT2D eigenvalue weighted by Crippen LogP contribution is -2.33. The predicted octanol–water partition coefficient (Wildman–Crippen LogP) is 4.86. The third-order valence-electron chi connectivity index (χ3n) is 2.49. The summed E-state index contributed by atoms with van der Waals surface area (Å²) in [5.41, 5.74) is -0.316. The molecule has 2 aromatic rings. The quantitative estimate of drug-likeness (QED) is 0.646. The Morgan fingerprint density at radius 3 is 2.29 bits per heavy atom. The second kappa shape index (κ2) is 3.66. The number of benzene rings is 1. The van der Waals surface area contributed by atoms with Crippen molar-refractivity contribution in [1.82, 2.24) is 0 Å². The van der Waals surface area contributed by atoms with E-state index in [1.165, 1.54) is 17.4 Å². The van der Waals surface area contributed by atoms with Gasteiger partial charge < -0.3 is 0 Å². The van der Waals surface area contributed by atoms with Crippen molar-refractivity contribution in [2.75, 3.05) is 0 Å². The molecule has 0 amide bonds. The standard InChI is InChI=1S/C11H7F5S/c1-6-5-17-9-3-2-7(4-8(6)9)10(12,13)11(14,15)16/h2-5H,1H3. The molecular formula is C11H7F5S. The molecular weight excluding hydrogens is 259 g/mol. The van der Waals surface area contributed by atoms with E-state index >= 15 is 0 Å². The van der Waals surface area contributed by atoms with Gasteiger partial charge in [0.25, 0.3) is 0 Å². The lowest BCUT2D eigenvalue weighted by Gasteiger charge is -2.19. The molecule has 0 N–H and O–H groups in total. The van der Waals surface area contributed by atoms with Crippen LogP contribution in [0.3, 0.4) is 0 Å². The number of fused-ring (bicyclic) bond motifs is 1. The van der Waals surface area contributed by atoms with Gasteiger partial charge in [-0.15, -0.1) is 11.3 Å². The van der Waals surface area contributed by atoms with E-state index in [-0.39, 0.29) is 0 Å². The van der Waals surface area contributed by atoms with Gasteiger partial charge in [-0.3, -0.25) is 0 Å². The third-order valence-corrected chi connectivity index (χ3v) is 3.57. The maximum absolute atomic E-state index is 13.1. The number of hydrogen-bond acceptors (Lipinski definition) is 1. The van der Waals surface area contributed by atoms with Crippen LogP contribution in [-0.2, 0) is 5.92 Å². The first-order valence-electron chi connectivity index (χ1n) is 4.66. The Kier molecular flexibility index (Phi) is 2.65. The molecule has 0 atom stereocenters. The Morgan fingerprint density at radius 1 is 1.06 bits per heavy atom.